The van der Waals surface area contributed by atoms with E-state index in [9.17, 15) is 28.1 Å². The van der Waals surface area contributed by atoms with Crippen molar-refractivity contribution in [3.05, 3.63) is 63.7 Å². The van der Waals surface area contributed by atoms with Gasteiger partial charge in [-0.25, -0.2) is 0 Å². The highest BCUT2D eigenvalue weighted by molar-refractivity contribution is 5.76. The molecule has 1 heterocycles. The fraction of sp³-hybridized carbons (Fsp3) is 0.567. The van der Waals surface area contributed by atoms with Crippen molar-refractivity contribution in [2.45, 2.75) is 76.9 Å². The van der Waals surface area contributed by atoms with Gasteiger partial charge in [0.1, 0.15) is 5.56 Å². The predicted molar refractivity (Wildman–Crippen MR) is 151 cm³/mol. The number of hydrogen-bond acceptors (Lipinski definition) is 5. The molecule has 2 aromatic carbocycles. The molecule has 2 aliphatic rings. The van der Waals surface area contributed by atoms with Gasteiger partial charge in [-0.05, 0) is 73.3 Å². The summed E-state index contributed by atoms with van der Waals surface area (Å²) in [7, 11) is 0. The molecule has 2 fully saturated rings. The summed E-state index contributed by atoms with van der Waals surface area (Å²) in [5, 5.41) is 14.1. The summed E-state index contributed by atoms with van der Waals surface area (Å²) in [6, 6.07) is 11.8. The molecule has 218 valence electrons. The third kappa shape index (κ3) is 7.46. The third-order valence-electron chi connectivity index (χ3n) is 8.21. The Morgan fingerprint density at radius 1 is 0.975 bits per heavy atom. The second-order valence-electron chi connectivity index (χ2n) is 12.1. The van der Waals surface area contributed by atoms with Gasteiger partial charge in [-0.15, -0.1) is 0 Å². The van der Waals surface area contributed by atoms with Crippen LogP contribution in [0.3, 0.4) is 0 Å². The molecule has 0 unspecified atom stereocenters. The number of rotatable bonds is 7. The number of nitrogens with zero attached hydrogens (tertiary/aromatic N) is 3. The molecule has 1 amide bonds. The third-order valence-corrected chi connectivity index (χ3v) is 8.21. The van der Waals surface area contributed by atoms with E-state index in [-0.39, 0.29) is 23.1 Å². The number of hydrogen-bond donors (Lipinski definition) is 1. The molecule has 1 saturated heterocycles. The molecule has 7 nitrogen and oxygen atoms in total. The first-order chi connectivity index (χ1) is 18.8. The van der Waals surface area contributed by atoms with Crippen LogP contribution in [0.15, 0.2) is 42.5 Å². The monoisotopic (exact) mass is 560 g/mol. The molecule has 2 aromatic rings. The zero-order valence-electron chi connectivity index (χ0n) is 23.5. The van der Waals surface area contributed by atoms with Crippen LogP contribution >= 0.6 is 0 Å². The van der Waals surface area contributed by atoms with Gasteiger partial charge in [-0.2, -0.15) is 13.2 Å². The highest BCUT2D eigenvalue weighted by atomic mass is 19.4. The van der Waals surface area contributed by atoms with Gasteiger partial charge in [-0.3, -0.25) is 14.9 Å². The molecule has 0 spiro atoms. The van der Waals surface area contributed by atoms with E-state index in [4.69, 9.17) is 0 Å². The van der Waals surface area contributed by atoms with Crippen LogP contribution in [-0.2, 0) is 16.4 Å². The average Bonchev–Trinajstić information content (AvgIpc) is 2.91. The fourth-order valence-corrected chi connectivity index (χ4v) is 5.72. The second-order valence-corrected chi connectivity index (χ2v) is 12.1. The van der Waals surface area contributed by atoms with Crippen molar-refractivity contribution in [3.8, 4) is 0 Å². The summed E-state index contributed by atoms with van der Waals surface area (Å²) in [5.74, 6) is 0.598. The van der Waals surface area contributed by atoms with Crippen LogP contribution in [0.4, 0.5) is 30.2 Å². The van der Waals surface area contributed by atoms with Gasteiger partial charge in [0, 0.05) is 56.1 Å². The van der Waals surface area contributed by atoms with Crippen LogP contribution in [0, 0.1) is 16.0 Å². The van der Waals surface area contributed by atoms with Gasteiger partial charge in [0.05, 0.1) is 4.92 Å². The quantitative estimate of drug-likeness (QED) is 0.291. The van der Waals surface area contributed by atoms with Gasteiger partial charge in [-0.1, -0.05) is 32.9 Å². The normalized spacial score (nSPS) is 20.4. The van der Waals surface area contributed by atoms with Gasteiger partial charge in [0.15, 0.2) is 0 Å². The summed E-state index contributed by atoms with van der Waals surface area (Å²) < 4.78 is 39.8. The summed E-state index contributed by atoms with van der Waals surface area (Å²) in [4.78, 5) is 27.1. The fourth-order valence-electron chi connectivity index (χ4n) is 5.72. The average molecular weight is 561 g/mol. The molecule has 40 heavy (non-hydrogen) atoms. The molecule has 1 aliphatic heterocycles. The van der Waals surface area contributed by atoms with Crippen molar-refractivity contribution < 1.29 is 22.9 Å². The minimum Gasteiger partial charge on any atom is -0.382 e. The van der Waals surface area contributed by atoms with Crippen molar-refractivity contribution in [1.29, 1.82) is 0 Å². The van der Waals surface area contributed by atoms with E-state index in [0.717, 1.165) is 57.3 Å². The first kappa shape index (κ1) is 29.7. The topological polar surface area (TPSA) is 78.7 Å². The van der Waals surface area contributed by atoms with Crippen molar-refractivity contribution in [2.24, 2.45) is 5.92 Å². The predicted octanol–water partition coefficient (Wildman–Crippen LogP) is 7.01. The summed E-state index contributed by atoms with van der Waals surface area (Å²) in [6.45, 7) is 9.66. The Morgan fingerprint density at radius 2 is 1.60 bits per heavy atom. The summed E-state index contributed by atoms with van der Waals surface area (Å²) in [5.41, 5.74) is 0.663. The Hall–Kier alpha value is -3.30. The van der Waals surface area contributed by atoms with Crippen LogP contribution in [0.2, 0.25) is 0 Å². The summed E-state index contributed by atoms with van der Waals surface area (Å²) in [6.07, 6.45) is -0.122. The molecule has 0 aromatic heterocycles. The number of benzene rings is 2. The Labute approximate surface area is 233 Å². The highest BCUT2D eigenvalue weighted by Crippen LogP contribution is 2.38. The van der Waals surface area contributed by atoms with Gasteiger partial charge < -0.3 is 15.1 Å². The lowest BCUT2D eigenvalue weighted by atomic mass is 9.83. The van der Waals surface area contributed by atoms with Crippen LogP contribution in [0.5, 0.6) is 0 Å². The van der Waals surface area contributed by atoms with E-state index in [2.05, 4.69) is 55.3 Å². The van der Waals surface area contributed by atoms with Crippen molar-refractivity contribution in [2.75, 3.05) is 36.4 Å². The van der Waals surface area contributed by atoms with Gasteiger partial charge in [0.25, 0.3) is 5.69 Å². The number of alkyl halides is 3. The molecule has 1 N–H and O–H groups in total. The number of carbonyl (C=O) groups is 1. The van der Waals surface area contributed by atoms with Crippen LogP contribution in [0.1, 0.15) is 70.4 Å². The van der Waals surface area contributed by atoms with Gasteiger partial charge >= 0.3 is 6.18 Å². The maximum absolute atomic E-state index is 13.3. The molecular weight excluding hydrogens is 521 g/mol. The van der Waals surface area contributed by atoms with E-state index in [0.29, 0.717) is 25.4 Å². The van der Waals surface area contributed by atoms with E-state index in [1.165, 1.54) is 17.3 Å². The lowest BCUT2D eigenvalue weighted by Crippen LogP contribution is -2.48. The minimum atomic E-state index is -4.80. The molecule has 0 atom stereocenters. The molecule has 1 aliphatic carbocycles. The van der Waals surface area contributed by atoms with E-state index in [1.54, 1.807) is 0 Å². The maximum Gasteiger partial charge on any atom is 0.423 e. The Balaban J connectivity index is 1.19. The molecule has 0 radical (unpaired) electrons. The van der Waals surface area contributed by atoms with Crippen molar-refractivity contribution in [1.82, 2.24) is 4.90 Å². The zero-order chi connectivity index (χ0) is 29.1. The number of halogens is 3. The molecule has 1 saturated carbocycles. The first-order valence-electron chi connectivity index (χ1n) is 14.1. The number of nitro benzene ring substituents is 1. The molecular formula is C30H39F3N4O3. The molecule has 10 heteroatoms. The molecule has 4 rings (SSSR count). The Morgan fingerprint density at radius 3 is 2.15 bits per heavy atom. The standard InChI is InChI=1S/C30H39F3N4O3/c1-29(2,3)22-7-12-25(13-8-22)35-16-18-36(19-17-35)28(38)15-6-21-4-9-23(10-5-21)34-24-11-14-27(37(39)40)26(20-24)30(31,32)33/h7-8,11-14,20-21,23,34H,4-6,9-10,15-19H2,1-3H3/t21-,23-. The van der Waals surface area contributed by atoms with Crippen LogP contribution in [-0.4, -0.2) is 48.0 Å². The number of amides is 1. The number of carbonyl (C=O) groups excluding carboxylic acids is 1. The first-order valence-corrected chi connectivity index (χ1v) is 14.1. The lowest BCUT2D eigenvalue weighted by molar-refractivity contribution is -0.388. The number of piperazine rings is 1. The number of nitrogens with one attached hydrogen (secondary N) is 1. The van der Waals surface area contributed by atoms with E-state index >= 15 is 0 Å². The largest absolute Gasteiger partial charge is 0.423 e. The van der Waals surface area contributed by atoms with E-state index < -0.39 is 22.4 Å². The van der Waals surface area contributed by atoms with Crippen molar-refractivity contribution in [3.63, 3.8) is 0 Å². The second kappa shape index (κ2) is 12.1. The van der Waals surface area contributed by atoms with Crippen LogP contribution in [0.25, 0.3) is 0 Å². The highest BCUT2D eigenvalue weighted by Gasteiger charge is 2.38. The minimum absolute atomic E-state index is 0.0000304. The lowest BCUT2D eigenvalue weighted by Gasteiger charge is -2.37. The summed E-state index contributed by atoms with van der Waals surface area (Å²) >= 11 is 0. The van der Waals surface area contributed by atoms with Gasteiger partial charge in [0.2, 0.25) is 5.91 Å². The maximum atomic E-state index is 13.3. The Kier molecular flexibility index (Phi) is 8.95. The zero-order valence-corrected chi connectivity index (χ0v) is 23.5. The molecule has 0 bridgehead atoms. The number of anilines is 2. The Bertz CT molecular complexity index is 1180. The van der Waals surface area contributed by atoms with Crippen LogP contribution < -0.4 is 10.2 Å². The van der Waals surface area contributed by atoms with E-state index in [1.807, 2.05) is 4.90 Å². The van der Waals surface area contributed by atoms with Crippen molar-refractivity contribution >= 4 is 23.0 Å². The SMILES string of the molecule is CC(C)(C)c1ccc(N2CCN(C(=O)CC[C@H]3CC[C@H](Nc4ccc([N+](=O)[O-])c(C(F)(F)F)c4)CC3)CC2)cc1. The number of nitro groups is 1. The smallest absolute Gasteiger partial charge is 0.382 e.